The standard InChI is InChI=1S/C10H16O3/c1-2-3-10(12-6-7-13-10)9(8-11)4-5-9/h6-7,11H,2-5,8H2,1H3. The molecule has 0 atom stereocenters. The molecule has 0 radical (unpaired) electrons. The van der Waals surface area contributed by atoms with E-state index in [1.807, 2.05) is 0 Å². The summed E-state index contributed by atoms with van der Waals surface area (Å²) >= 11 is 0. The number of hydrogen-bond acceptors (Lipinski definition) is 3. The van der Waals surface area contributed by atoms with Crippen LogP contribution in [0.2, 0.25) is 0 Å². The molecule has 0 aromatic carbocycles. The lowest BCUT2D eigenvalue weighted by molar-refractivity contribution is -0.206. The maximum absolute atomic E-state index is 9.32. The van der Waals surface area contributed by atoms with Crippen LogP contribution in [0.15, 0.2) is 12.5 Å². The largest absolute Gasteiger partial charge is 0.456 e. The molecule has 1 saturated carbocycles. The normalized spacial score (nSPS) is 26.6. The van der Waals surface area contributed by atoms with E-state index in [-0.39, 0.29) is 12.0 Å². The predicted octanol–water partition coefficient (Wildman–Crippen LogP) is 1.77. The smallest absolute Gasteiger partial charge is 0.257 e. The second-order valence-electron chi connectivity index (χ2n) is 3.95. The Morgan fingerprint density at radius 3 is 2.31 bits per heavy atom. The van der Waals surface area contributed by atoms with Crippen LogP contribution in [0.5, 0.6) is 0 Å². The molecule has 1 aliphatic heterocycles. The lowest BCUT2D eigenvalue weighted by atomic mass is 9.92. The van der Waals surface area contributed by atoms with E-state index in [1.165, 1.54) is 0 Å². The van der Waals surface area contributed by atoms with Gasteiger partial charge in [0.25, 0.3) is 5.79 Å². The van der Waals surface area contributed by atoms with Crippen LogP contribution in [0.4, 0.5) is 0 Å². The highest BCUT2D eigenvalue weighted by molar-refractivity contribution is 5.07. The van der Waals surface area contributed by atoms with E-state index >= 15 is 0 Å². The third-order valence-corrected chi connectivity index (χ3v) is 3.12. The second kappa shape index (κ2) is 2.91. The molecule has 0 spiro atoms. The molecule has 2 aliphatic rings. The zero-order chi connectivity index (χ0) is 9.36. The van der Waals surface area contributed by atoms with Crippen molar-refractivity contribution in [2.45, 2.75) is 38.4 Å². The van der Waals surface area contributed by atoms with Gasteiger partial charge in [0.05, 0.1) is 12.0 Å². The molecular formula is C10H16O3. The van der Waals surface area contributed by atoms with Gasteiger partial charge in [-0.1, -0.05) is 6.92 Å². The summed E-state index contributed by atoms with van der Waals surface area (Å²) in [6.45, 7) is 2.26. The summed E-state index contributed by atoms with van der Waals surface area (Å²) in [6, 6.07) is 0. The molecule has 2 rings (SSSR count). The summed E-state index contributed by atoms with van der Waals surface area (Å²) in [7, 11) is 0. The van der Waals surface area contributed by atoms with Crippen LogP contribution in [0, 0.1) is 5.41 Å². The third-order valence-electron chi connectivity index (χ3n) is 3.12. The first-order valence-electron chi connectivity index (χ1n) is 4.90. The van der Waals surface area contributed by atoms with E-state index in [4.69, 9.17) is 9.47 Å². The van der Waals surface area contributed by atoms with E-state index in [0.717, 1.165) is 25.7 Å². The van der Waals surface area contributed by atoms with Gasteiger partial charge in [-0.05, 0) is 19.3 Å². The number of aliphatic hydroxyl groups excluding tert-OH is 1. The van der Waals surface area contributed by atoms with E-state index in [0.29, 0.717) is 0 Å². The van der Waals surface area contributed by atoms with Crippen molar-refractivity contribution in [1.82, 2.24) is 0 Å². The number of ether oxygens (including phenoxy) is 2. The van der Waals surface area contributed by atoms with Gasteiger partial charge in [0.2, 0.25) is 0 Å². The Morgan fingerprint density at radius 1 is 1.31 bits per heavy atom. The van der Waals surface area contributed by atoms with E-state index in [1.54, 1.807) is 12.5 Å². The number of aliphatic hydroxyl groups is 1. The van der Waals surface area contributed by atoms with Crippen molar-refractivity contribution in [3.05, 3.63) is 12.5 Å². The zero-order valence-electron chi connectivity index (χ0n) is 7.95. The summed E-state index contributed by atoms with van der Waals surface area (Å²) in [5.41, 5.74) is -0.132. The van der Waals surface area contributed by atoms with Crippen LogP contribution in [0.3, 0.4) is 0 Å². The van der Waals surface area contributed by atoms with E-state index in [9.17, 15) is 5.11 Å². The third kappa shape index (κ3) is 1.14. The average molecular weight is 184 g/mol. The van der Waals surface area contributed by atoms with Crippen molar-refractivity contribution >= 4 is 0 Å². The molecule has 0 saturated heterocycles. The summed E-state index contributed by atoms with van der Waals surface area (Å²) in [5.74, 6) is -0.559. The molecule has 1 N–H and O–H groups in total. The SMILES string of the molecule is CCCC1(C2(CO)CC2)OC=CO1. The van der Waals surface area contributed by atoms with Crippen molar-refractivity contribution in [1.29, 1.82) is 0 Å². The Balaban J connectivity index is 2.14. The van der Waals surface area contributed by atoms with Gasteiger partial charge >= 0.3 is 0 Å². The van der Waals surface area contributed by atoms with Gasteiger partial charge in [-0.3, -0.25) is 0 Å². The van der Waals surface area contributed by atoms with E-state index in [2.05, 4.69) is 6.92 Å². The lowest BCUT2D eigenvalue weighted by Gasteiger charge is -2.34. The van der Waals surface area contributed by atoms with Crippen molar-refractivity contribution in [3.8, 4) is 0 Å². The van der Waals surface area contributed by atoms with E-state index < -0.39 is 5.79 Å². The molecule has 3 nitrogen and oxygen atoms in total. The minimum Gasteiger partial charge on any atom is -0.456 e. The highest BCUT2D eigenvalue weighted by Gasteiger charge is 2.63. The fraction of sp³-hybridized carbons (Fsp3) is 0.800. The average Bonchev–Trinajstić information content (AvgIpc) is 2.83. The van der Waals surface area contributed by atoms with Gasteiger partial charge in [0.15, 0.2) is 0 Å². The quantitative estimate of drug-likeness (QED) is 0.723. The highest BCUT2D eigenvalue weighted by Crippen LogP contribution is 2.58. The molecule has 0 aromatic heterocycles. The predicted molar refractivity (Wildman–Crippen MR) is 47.7 cm³/mol. The Bertz CT molecular complexity index is 210. The van der Waals surface area contributed by atoms with Crippen molar-refractivity contribution in [2.24, 2.45) is 5.41 Å². The molecule has 74 valence electrons. The number of hydrogen-bond donors (Lipinski definition) is 1. The molecule has 0 unspecified atom stereocenters. The lowest BCUT2D eigenvalue weighted by Crippen LogP contribution is -2.42. The van der Waals surface area contributed by atoms with Gasteiger partial charge in [-0.15, -0.1) is 0 Å². The molecule has 1 heterocycles. The zero-order valence-corrected chi connectivity index (χ0v) is 7.95. The van der Waals surface area contributed by atoms with Crippen LogP contribution in [0.25, 0.3) is 0 Å². The van der Waals surface area contributed by atoms with Crippen LogP contribution in [-0.2, 0) is 9.47 Å². The van der Waals surface area contributed by atoms with Crippen molar-refractivity contribution in [2.75, 3.05) is 6.61 Å². The van der Waals surface area contributed by atoms with Crippen molar-refractivity contribution in [3.63, 3.8) is 0 Å². The Kier molecular flexibility index (Phi) is 1.99. The van der Waals surface area contributed by atoms with Gasteiger partial charge in [0.1, 0.15) is 12.5 Å². The maximum Gasteiger partial charge on any atom is 0.257 e. The molecule has 0 aromatic rings. The highest BCUT2D eigenvalue weighted by atomic mass is 16.7. The molecule has 0 bridgehead atoms. The first kappa shape index (κ1) is 8.88. The van der Waals surface area contributed by atoms with Crippen LogP contribution >= 0.6 is 0 Å². The molecule has 1 fully saturated rings. The Hall–Kier alpha value is -0.700. The maximum atomic E-state index is 9.32. The first-order chi connectivity index (χ1) is 6.29. The van der Waals surface area contributed by atoms with Gasteiger partial charge in [-0.2, -0.15) is 0 Å². The summed E-state index contributed by atoms with van der Waals surface area (Å²) < 4.78 is 11.1. The van der Waals surface area contributed by atoms with Crippen LogP contribution in [-0.4, -0.2) is 17.5 Å². The molecule has 13 heavy (non-hydrogen) atoms. The minimum atomic E-state index is -0.559. The topological polar surface area (TPSA) is 38.7 Å². The first-order valence-corrected chi connectivity index (χ1v) is 4.90. The van der Waals surface area contributed by atoms with Gasteiger partial charge in [0, 0.05) is 6.42 Å². The number of rotatable bonds is 4. The van der Waals surface area contributed by atoms with Crippen molar-refractivity contribution < 1.29 is 14.6 Å². The van der Waals surface area contributed by atoms with Crippen LogP contribution < -0.4 is 0 Å². The minimum absolute atomic E-state index is 0.132. The van der Waals surface area contributed by atoms with Gasteiger partial charge in [-0.25, -0.2) is 0 Å². The summed E-state index contributed by atoms with van der Waals surface area (Å²) in [5, 5.41) is 9.32. The molecule has 1 aliphatic carbocycles. The molecule has 3 heteroatoms. The summed E-state index contributed by atoms with van der Waals surface area (Å²) in [4.78, 5) is 0. The molecular weight excluding hydrogens is 168 g/mol. The summed E-state index contributed by atoms with van der Waals surface area (Å²) in [6.07, 6.45) is 7.04. The molecule has 0 amide bonds. The van der Waals surface area contributed by atoms with Crippen LogP contribution in [0.1, 0.15) is 32.6 Å². The fourth-order valence-corrected chi connectivity index (χ4v) is 2.08. The Morgan fingerprint density at radius 2 is 1.92 bits per heavy atom. The fourth-order valence-electron chi connectivity index (χ4n) is 2.08. The van der Waals surface area contributed by atoms with Gasteiger partial charge < -0.3 is 14.6 Å². The monoisotopic (exact) mass is 184 g/mol. The second-order valence-corrected chi connectivity index (χ2v) is 3.95. The Labute approximate surface area is 78.3 Å².